The summed E-state index contributed by atoms with van der Waals surface area (Å²) < 4.78 is 0. The summed E-state index contributed by atoms with van der Waals surface area (Å²) in [6.45, 7) is 6.69. The third-order valence-corrected chi connectivity index (χ3v) is 9.07. The van der Waals surface area contributed by atoms with Gasteiger partial charge < -0.3 is 5.11 Å². The minimum atomic E-state index is -0.807. The van der Waals surface area contributed by atoms with Crippen molar-refractivity contribution in [3.8, 4) is 0 Å². The fourth-order valence-corrected chi connectivity index (χ4v) is 7.14. The van der Waals surface area contributed by atoms with E-state index in [1.807, 2.05) is 6.92 Å². The summed E-state index contributed by atoms with van der Waals surface area (Å²) in [4.78, 5) is 24.5. The molecule has 0 radical (unpaired) electrons. The molecule has 0 spiro atoms. The first-order valence-electron chi connectivity index (χ1n) is 9.44. The van der Waals surface area contributed by atoms with Crippen molar-refractivity contribution in [3.05, 3.63) is 0 Å². The Bertz CT molecular complexity index is 583. The van der Waals surface area contributed by atoms with Gasteiger partial charge in [0.05, 0.1) is 11.0 Å². The molecule has 23 heavy (non-hydrogen) atoms. The van der Waals surface area contributed by atoms with Crippen molar-refractivity contribution in [2.45, 2.75) is 84.2 Å². The molecule has 6 atom stereocenters. The predicted octanol–water partition coefficient (Wildman–Crippen LogP) is 3.67. The largest absolute Gasteiger partial charge is 0.389 e. The molecule has 0 aromatic rings. The van der Waals surface area contributed by atoms with Crippen LogP contribution in [-0.4, -0.2) is 22.3 Å². The molecule has 0 heterocycles. The number of hydrogen-bond donors (Lipinski definition) is 1. The van der Waals surface area contributed by atoms with E-state index in [-0.39, 0.29) is 22.5 Å². The monoisotopic (exact) mass is 318 g/mol. The van der Waals surface area contributed by atoms with Gasteiger partial charge in [0, 0.05) is 19.3 Å². The zero-order valence-corrected chi connectivity index (χ0v) is 14.8. The third kappa shape index (κ3) is 1.70. The van der Waals surface area contributed by atoms with Crippen molar-refractivity contribution in [2.75, 3.05) is 0 Å². The van der Waals surface area contributed by atoms with Crippen molar-refractivity contribution in [1.82, 2.24) is 0 Å². The second-order valence-electron chi connectivity index (χ2n) is 9.66. The van der Waals surface area contributed by atoms with Crippen LogP contribution in [0.1, 0.15) is 78.6 Å². The highest BCUT2D eigenvalue weighted by Gasteiger charge is 2.69. The molecule has 3 nitrogen and oxygen atoms in total. The Hall–Kier alpha value is -0.700. The van der Waals surface area contributed by atoms with Gasteiger partial charge in [0.1, 0.15) is 11.6 Å². The maximum absolute atomic E-state index is 12.5. The molecule has 0 amide bonds. The highest BCUT2D eigenvalue weighted by atomic mass is 16.3. The predicted molar refractivity (Wildman–Crippen MR) is 87.8 cm³/mol. The van der Waals surface area contributed by atoms with Gasteiger partial charge in [-0.1, -0.05) is 13.8 Å². The number of carbonyl (C=O) groups excluding carboxylic acids is 2. The molecule has 0 aromatic heterocycles. The average molecular weight is 318 g/mol. The van der Waals surface area contributed by atoms with Crippen LogP contribution in [0.2, 0.25) is 0 Å². The summed E-state index contributed by atoms with van der Waals surface area (Å²) in [7, 11) is 0. The Morgan fingerprint density at radius 3 is 2.35 bits per heavy atom. The standard InChI is InChI=1S/C20H30O3/c1-17-8-5-15-14(18(17,2)9-4-13(21)12-17)6-10-19(3)16(22)7-11-20(15,19)23/h14-15,23H,4-12H2,1-3H3/t14-,15+,17-,18+,19+,20+/m0/s1. The topological polar surface area (TPSA) is 54.4 Å². The van der Waals surface area contributed by atoms with Gasteiger partial charge in [0.25, 0.3) is 0 Å². The zero-order valence-electron chi connectivity index (χ0n) is 14.8. The average Bonchev–Trinajstić information content (AvgIpc) is 2.73. The highest BCUT2D eigenvalue weighted by molar-refractivity contribution is 5.88. The Labute approximate surface area is 139 Å². The van der Waals surface area contributed by atoms with E-state index in [1.165, 1.54) is 0 Å². The van der Waals surface area contributed by atoms with Gasteiger partial charge in [-0.2, -0.15) is 0 Å². The molecule has 4 saturated carbocycles. The minimum Gasteiger partial charge on any atom is -0.389 e. The molecule has 0 aromatic carbocycles. The SMILES string of the molecule is C[C@@]12CC[C@@H]3[C@H](CC[C@]4(C)C(=O)CC[C@@]34O)[C@@]1(C)CCC(=O)C2. The van der Waals surface area contributed by atoms with E-state index in [0.717, 1.165) is 32.1 Å². The van der Waals surface area contributed by atoms with E-state index in [2.05, 4.69) is 13.8 Å². The number of aliphatic hydroxyl groups is 1. The van der Waals surface area contributed by atoms with E-state index in [4.69, 9.17) is 0 Å². The molecule has 4 aliphatic carbocycles. The van der Waals surface area contributed by atoms with E-state index < -0.39 is 11.0 Å². The van der Waals surface area contributed by atoms with Gasteiger partial charge in [-0.25, -0.2) is 0 Å². The number of ketones is 2. The van der Waals surface area contributed by atoms with Crippen molar-refractivity contribution in [3.63, 3.8) is 0 Å². The first-order valence-corrected chi connectivity index (χ1v) is 9.44. The van der Waals surface area contributed by atoms with Crippen LogP contribution in [0.5, 0.6) is 0 Å². The summed E-state index contributed by atoms with van der Waals surface area (Å²) in [6.07, 6.45) is 7.42. The van der Waals surface area contributed by atoms with Crippen LogP contribution < -0.4 is 0 Å². The molecule has 4 aliphatic rings. The lowest BCUT2D eigenvalue weighted by Gasteiger charge is -2.65. The molecule has 3 heteroatoms. The lowest BCUT2D eigenvalue weighted by atomic mass is 9.40. The van der Waals surface area contributed by atoms with Crippen LogP contribution in [0.3, 0.4) is 0 Å². The Morgan fingerprint density at radius 1 is 0.913 bits per heavy atom. The fraction of sp³-hybridized carbons (Fsp3) is 0.900. The minimum absolute atomic E-state index is 0.0796. The summed E-state index contributed by atoms with van der Waals surface area (Å²) in [5.41, 5.74) is -1.12. The van der Waals surface area contributed by atoms with Gasteiger partial charge in [0.2, 0.25) is 0 Å². The van der Waals surface area contributed by atoms with Crippen LogP contribution >= 0.6 is 0 Å². The highest BCUT2D eigenvalue weighted by Crippen LogP contribution is 2.69. The van der Waals surface area contributed by atoms with Crippen molar-refractivity contribution in [1.29, 1.82) is 0 Å². The smallest absolute Gasteiger partial charge is 0.141 e. The van der Waals surface area contributed by atoms with Crippen molar-refractivity contribution >= 4 is 11.6 Å². The molecule has 4 rings (SSSR count). The molecule has 1 N–H and O–H groups in total. The van der Waals surface area contributed by atoms with Gasteiger partial charge >= 0.3 is 0 Å². The van der Waals surface area contributed by atoms with E-state index >= 15 is 0 Å². The summed E-state index contributed by atoms with van der Waals surface area (Å²) in [5.74, 6) is 1.38. The number of rotatable bonds is 0. The number of Topliss-reactive ketones (excluding diaryl/α,β-unsaturated/α-hetero) is 2. The lowest BCUT2D eigenvalue weighted by molar-refractivity contribution is -0.214. The maximum atomic E-state index is 12.5. The molecule has 0 aliphatic heterocycles. The molecule has 0 bridgehead atoms. The Kier molecular flexibility index (Phi) is 3.07. The fourth-order valence-electron chi connectivity index (χ4n) is 7.14. The van der Waals surface area contributed by atoms with E-state index in [9.17, 15) is 14.7 Å². The summed E-state index contributed by atoms with van der Waals surface area (Å²) in [6, 6.07) is 0. The number of fused-ring (bicyclic) bond motifs is 5. The number of carbonyl (C=O) groups is 2. The summed E-state index contributed by atoms with van der Waals surface area (Å²) >= 11 is 0. The first kappa shape index (κ1) is 15.8. The van der Waals surface area contributed by atoms with Gasteiger partial charge in [-0.3, -0.25) is 9.59 Å². The Balaban J connectivity index is 1.75. The van der Waals surface area contributed by atoms with Crippen LogP contribution in [0.15, 0.2) is 0 Å². The zero-order chi connectivity index (χ0) is 16.7. The first-order chi connectivity index (χ1) is 10.7. The second kappa shape index (κ2) is 4.47. The molecular weight excluding hydrogens is 288 g/mol. The molecule has 128 valence electrons. The van der Waals surface area contributed by atoms with Gasteiger partial charge in [-0.05, 0) is 68.1 Å². The van der Waals surface area contributed by atoms with Crippen LogP contribution in [0.25, 0.3) is 0 Å². The second-order valence-corrected chi connectivity index (χ2v) is 9.66. The number of hydrogen-bond acceptors (Lipinski definition) is 3. The molecular formula is C20H30O3. The maximum Gasteiger partial charge on any atom is 0.141 e. The van der Waals surface area contributed by atoms with Gasteiger partial charge in [-0.15, -0.1) is 0 Å². The van der Waals surface area contributed by atoms with Crippen molar-refractivity contribution in [2.24, 2.45) is 28.1 Å². The Morgan fingerprint density at radius 2 is 1.61 bits per heavy atom. The summed E-state index contributed by atoms with van der Waals surface area (Å²) in [5, 5.41) is 11.6. The molecule has 4 fully saturated rings. The molecule has 0 unspecified atom stereocenters. The van der Waals surface area contributed by atoms with Crippen LogP contribution in [0.4, 0.5) is 0 Å². The normalized spacial score (nSPS) is 56.0. The van der Waals surface area contributed by atoms with Gasteiger partial charge in [0.15, 0.2) is 0 Å². The lowest BCUT2D eigenvalue weighted by Crippen LogP contribution is -2.64. The molecule has 0 saturated heterocycles. The quantitative estimate of drug-likeness (QED) is 0.741. The van der Waals surface area contributed by atoms with E-state index in [0.29, 0.717) is 37.4 Å². The third-order valence-electron chi connectivity index (χ3n) is 9.07. The van der Waals surface area contributed by atoms with Crippen molar-refractivity contribution < 1.29 is 14.7 Å². The van der Waals surface area contributed by atoms with Crippen LogP contribution in [0, 0.1) is 28.1 Å². The van der Waals surface area contributed by atoms with E-state index in [1.54, 1.807) is 0 Å². The van der Waals surface area contributed by atoms with Crippen LogP contribution in [-0.2, 0) is 9.59 Å².